The largest absolute Gasteiger partial charge is 0.336 e. The summed E-state index contributed by atoms with van der Waals surface area (Å²) in [5.41, 5.74) is 2.45. The second-order valence-electron chi connectivity index (χ2n) is 4.40. The van der Waals surface area contributed by atoms with Gasteiger partial charge in [0.15, 0.2) is 0 Å². The van der Waals surface area contributed by atoms with E-state index in [0.29, 0.717) is 5.56 Å². The summed E-state index contributed by atoms with van der Waals surface area (Å²) in [6, 6.07) is 1.66. The molecule has 0 heterocycles. The summed E-state index contributed by atoms with van der Waals surface area (Å²) in [6.45, 7) is 0. The standard InChI is InChI=1S/C12H9NO4/c14-11-8-5-4-6-2-1-3-7(6)9(8)12(15)10(11)13(16)17/h4-5,10H,1-3H2. The zero-order valence-corrected chi connectivity index (χ0v) is 8.93. The van der Waals surface area contributed by atoms with Crippen molar-refractivity contribution in [2.45, 2.75) is 25.3 Å². The minimum absolute atomic E-state index is 0.234. The highest BCUT2D eigenvalue weighted by Crippen LogP contribution is 2.33. The number of Topliss-reactive ketones (excluding diaryl/α,β-unsaturated/α-hetero) is 2. The van der Waals surface area contributed by atoms with Crippen molar-refractivity contribution in [2.24, 2.45) is 0 Å². The number of carbonyl (C=O) groups excluding carboxylic acids is 2. The first-order valence-corrected chi connectivity index (χ1v) is 5.48. The normalized spacial score (nSPS) is 21.5. The lowest BCUT2D eigenvalue weighted by Gasteiger charge is -2.03. The molecule has 0 radical (unpaired) electrons. The van der Waals surface area contributed by atoms with Gasteiger partial charge in [-0.2, -0.15) is 0 Å². The Balaban J connectivity index is 2.23. The molecule has 0 bridgehead atoms. The molecule has 1 atom stereocenters. The summed E-state index contributed by atoms with van der Waals surface area (Å²) in [4.78, 5) is 33.7. The van der Waals surface area contributed by atoms with Crippen LogP contribution in [0, 0.1) is 10.1 Å². The molecule has 0 aliphatic heterocycles. The highest BCUT2D eigenvalue weighted by molar-refractivity contribution is 6.29. The molecule has 86 valence electrons. The molecule has 0 fully saturated rings. The molecule has 0 aromatic heterocycles. The minimum Gasteiger partial charge on any atom is -0.286 e. The number of hydrogen-bond acceptors (Lipinski definition) is 4. The molecule has 2 aliphatic carbocycles. The summed E-state index contributed by atoms with van der Waals surface area (Å²) >= 11 is 0. The average Bonchev–Trinajstić information content (AvgIpc) is 2.82. The second-order valence-corrected chi connectivity index (χ2v) is 4.40. The van der Waals surface area contributed by atoms with Gasteiger partial charge in [0.2, 0.25) is 11.6 Å². The Bertz CT molecular complexity index is 576. The Morgan fingerprint density at radius 1 is 1.18 bits per heavy atom. The second kappa shape index (κ2) is 3.23. The maximum atomic E-state index is 11.9. The molecule has 17 heavy (non-hydrogen) atoms. The lowest BCUT2D eigenvalue weighted by atomic mass is 9.99. The summed E-state index contributed by atoms with van der Waals surface area (Å²) < 4.78 is 0. The van der Waals surface area contributed by atoms with Crippen LogP contribution in [0.5, 0.6) is 0 Å². The van der Waals surface area contributed by atoms with Crippen LogP contribution in [-0.2, 0) is 12.8 Å². The zero-order chi connectivity index (χ0) is 12.2. The summed E-state index contributed by atoms with van der Waals surface area (Å²) in [5.74, 6) is -1.29. The van der Waals surface area contributed by atoms with Crippen molar-refractivity contribution in [3.8, 4) is 0 Å². The van der Waals surface area contributed by atoms with Gasteiger partial charge in [0, 0.05) is 16.1 Å². The Morgan fingerprint density at radius 2 is 1.94 bits per heavy atom. The van der Waals surface area contributed by atoms with Crippen LogP contribution in [0.1, 0.15) is 38.3 Å². The average molecular weight is 231 g/mol. The minimum atomic E-state index is -1.71. The lowest BCUT2D eigenvalue weighted by molar-refractivity contribution is -0.488. The number of hydrogen-bond donors (Lipinski definition) is 0. The van der Waals surface area contributed by atoms with Crippen molar-refractivity contribution in [2.75, 3.05) is 0 Å². The third-order valence-corrected chi connectivity index (χ3v) is 3.50. The topological polar surface area (TPSA) is 77.3 Å². The Labute approximate surface area is 96.6 Å². The number of aryl methyl sites for hydroxylation is 1. The molecule has 2 aliphatic rings. The number of benzene rings is 1. The fraction of sp³-hybridized carbons (Fsp3) is 0.333. The van der Waals surface area contributed by atoms with E-state index in [1.165, 1.54) is 0 Å². The van der Waals surface area contributed by atoms with Crippen LogP contribution in [0.15, 0.2) is 12.1 Å². The number of carbonyl (C=O) groups is 2. The molecule has 5 heteroatoms. The molecule has 1 unspecified atom stereocenters. The molecule has 5 nitrogen and oxygen atoms in total. The highest BCUT2D eigenvalue weighted by Gasteiger charge is 2.49. The molecule has 0 spiro atoms. The van der Waals surface area contributed by atoms with Crippen molar-refractivity contribution in [3.05, 3.63) is 44.5 Å². The van der Waals surface area contributed by atoms with Crippen LogP contribution in [0.2, 0.25) is 0 Å². The number of rotatable bonds is 1. The lowest BCUT2D eigenvalue weighted by Crippen LogP contribution is -2.31. The number of nitrogens with zero attached hydrogens (tertiary/aromatic N) is 1. The third kappa shape index (κ3) is 1.19. The molecule has 0 saturated heterocycles. The SMILES string of the molecule is O=C1c2ccc3c(c2C(=O)C1[N+](=O)[O-])CCC3. The van der Waals surface area contributed by atoms with Crippen molar-refractivity contribution in [1.29, 1.82) is 0 Å². The molecule has 1 aromatic carbocycles. The van der Waals surface area contributed by atoms with Gasteiger partial charge in [-0.25, -0.2) is 0 Å². The molecule has 0 saturated carbocycles. The van der Waals surface area contributed by atoms with Gasteiger partial charge in [-0.15, -0.1) is 0 Å². The zero-order valence-electron chi connectivity index (χ0n) is 8.93. The van der Waals surface area contributed by atoms with Gasteiger partial charge in [0.1, 0.15) is 0 Å². The molecule has 1 aromatic rings. The van der Waals surface area contributed by atoms with Crippen molar-refractivity contribution < 1.29 is 14.5 Å². The summed E-state index contributed by atoms with van der Waals surface area (Å²) in [5, 5.41) is 10.8. The third-order valence-electron chi connectivity index (χ3n) is 3.50. The van der Waals surface area contributed by atoms with Gasteiger partial charge < -0.3 is 0 Å². The van der Waals surface area contributed by atoms with Crippen LogP contribution < -0.4 is 0 Å². The Morgan fingerprint density at radius 3 is 2.65 bits per heavy atom. The molecule has 0 amide bonds. The van der Waals surface area contributed by atoms with E-state index < -0.39 is 22.5 Å². The van der Waals surface area contributed by atoms with Gasteiger partial charge in [-0.3, -0.25) is 19.7 Å². The van der Waals surface area contributed by atoms with Gasteiger partial charge >= 0.3 is 6.04 Å². The van der Waals surface area contributed by atoms with E-state index in [4.69, 9.17) is 0 Å². The van der Waals surface area contributed by atoms with Crippen LogP contribution >= 0.6 is 0 Å². The Kier molecular flexibility index (Phi) is 1.92. The van der Waals surface area contributed by atoms with Crippen LogP contribution in [0.3, 0.4) is 0 Å². The smallest absolute Gasteiger partial charge is 0.286 e. The molecule has 3 rings (SSSR count). The maximum absolute atomic E-state index is 11.9. The van der Waals surface area contributed by atoms with E-state index in [-0.39, 0.29) is 5.56 Å². The number of fused-ring (bicyclic) bond motifs is 3. The van der Waals surface area contributed by atoms with Crippen molar-refractivity contribution >= 4 is 11.6 Å². The maximum Gasteiger partial charge on any atom is 0.336 e. The van der Waals surface area contributed by atoms with E-state index in [2.05, 4.69) is 0 Å². The fourth-order valence-corrected chi connectivity index (χ4v) is 2.75. The predicted octanol–water partition coefficient (Wildman–Crippen LogP) is 1.20. The van der Waals surface area contributed by atoms with Gasteiger partial charge in [0.25, 0.3) is 0 Å². The van der Waals surface area contributed by atoms with Gasteiger partial charge in [-0.05, 0) is 30.4 Å². The van der Waals surface area contributed by atoms with Gasteiger partial charge in [-0.1, -0.05) is 12.1 Å². The molecular formula is C12H9NO4. The van der Waals surface area contributed by atoms with E-state index in [9.17, 15) is 19.7 Å². The first-order chi connectivity index (χ1) is 8.11. The molecular weight excluding hydrogens is 222 g/mol. The van der Waals surface area contributed by atoms with Crippen LogP contribution in [0.25, 0.3) is 0 Å². The summed E-state index contributed by atoms with van der Waals surface area (Å²) in [7, 11) is 0. The monoisotopic (exact) mass is 231 g/mol. The summed E-state index contributed by atoms with van der Waals surface area (Å²) in [6.07, 6.45) is 2.56. The molecule has 0 N–H and O–H groups in total. The predicted molar refractivity (Wildman–Crippen MR) is 57.9 cm³/mol. The van der Waals surface area contributed by atoms with E-state index >= 15 is 0 Å². The first-order valence-electron chi connectivity index (χ1n) is 5.48. The van der Waals surface area contributed by atoms with Crippen LogP contribution in [0.4, 0.5) is 0 Å². The van der Waals surface area contributed by atoms with E-state index in [1.807, 2.05) is 6.07 Å². The quantitative estimate of drug-likeness (QED) is 0.413. The van der Waals surface area contributed by atoms with Crippen molar-refractivity contribution in [3.63, 3.8) is 0 Å². The van der Waals surface area contributed by atoms with E-state index in [1.54, 1.807) is 6.07 Å². The van der Waals surface area contributed by atoms with Crippen molar-refractivity contribution in [1.82, 2.24) is 0 Å². The number of nitro groups is 1. The van der Waals surface area contributed by atoms with E-state index in [0.717, 1.165) is 30.4 Å². The van der Waals surface area contributed by atoms with Gasteiger partial charge in [0.05, 0.1) is 0 Å². The fourth-order valence-electron chi connectivity index (χ4n) is 2.75. The highest BCUT2D eigenvalue weighted by atomic mass is 16.6. The first kappa shape index (κ1) is 10.1. The number of ketones is 2. The Hall–Kier alpha value is -2.04. The van der Waals surface area contributed by atoms with Crippen LogP contribution in [-0.4, -0.2) is 22.5 Å².